The maximum atomic E-state index is 11.2. The molecule has 2 aromatic rings. The number of hydrogen-bond donors (Lipinski definition) is 2. The van der Waals surface area contributed by atoms with E-state index >= 15 is 0 Å². The van der Waals surface area contributed by atoms with Gasteiger partial charge in [-0.2, -0.15) is 5.10 Å². The molecule has 0 spiro atoms. The first-order chi connectivity index (χ1) is 9.16. The van der Waals surface area contributed by atoms with E-state index in [-0.39, 0.29) is 11.8 Å². The van der Waals surface area contributed by atoms with Crippen molar-refractivity contribution in [2.45, 2.75) is 19.8 Å². The molecule has 2 aromatic heterocycles. The maximum absolute atomic E-state index is 11.2. The lowest BCUT2D eigenvalue weighted by molar-refractivity contribution is -0.122. The molecule has 0 unspecified atom stereocenters. The van der Waals surface area contributed by atoms with Gasteiger partial charge in [0.25, 0.3) is 0 Å². The number of amides is 1. The fraction of sp³-hybridized carbons (Fsp3) is 0.500. The topological polar surface area (TPSA) is 101 Å². The average molecular weight is 260 g/mol. The van der Waals surface area contributed by atoms with E-state index in [9.17, 15) is 4.79 Å². The molecule has 7 nitrogen and oxygen atoms in total. The third-order valence-electron chi connectivity index (χ3n) is 3.69. The molecule has 0 saturated carbocycles. The number of primary amides is 1. The average Bonchev–Trinajstić information content (AvgIpc) is 2.81. The second-order valence-corrected chi connectivity index (χ2v) is 4.91. The predicted molar refractivity (Wildman–Crippen MR) is 70.6 cm³/mol. The molecule has 1 fully saturated rings. The van der Waals surface area contributed by atoms with Crippen molar-refractivity contribution >= 4 is 22.8 Å². The molecular weight excluding hydrogens is 244 g/mol. The molecule has 0 aromatic carbocycles. The number of anilines is 1. The molecule has 1 saturated heterocycles. The number of nitrogens with one attached hydrogen (secondary N) is 1. The van der Waals surface area contributed by atoms with Crippen LogP contribution in [0.15, 0.2) is 6.33 Å². The Bertz CT molecular complexity index is 614. The first-order valence-corrected chi connectivity index (χ1v) is 6.36. The molecule has 7 heteroatoms. The van der Waals surface area contributed by atoms with E-state index in [2.05, 4.69) is 25.1 Å². The number of rotatable bonds is 2. The molecule has 1 amide bonds. The number of carbonyl (C=O) groups is 1. The minimum atomic E-state index is -0.205. The molecule has 19 heavy (non-hydrogen) atoms. The molecule has 0 bridgehead atoms. The summed E-state index contributed by atoms with van der Waals surface area (Å²) in [5.41, 5.74) is 7.92. The SMILES string of the molecule is Cc1[nH]nc2c(N3CCC(C(N)=O)CC3)ncnc12. The third kappa shape index (κ3) is 2.00. The van der Waals surface area contributed by atoms with Crippen molar-refractivity contribution in [3.8, 4) is 0 Å². The second-order valence-electron chi connectivity index (χ2n) is 4.91. The van der Waals surface area contributed by atoms with E-state index in [4.69, 9.17) is 5.73 Å². The quantitative estimate of drug-likeness (QED) is 0.812. The van der Waals surface area contributed by atoms with Crippen LogP contribution in [0.3, 0.4) is 0 Å². The van der Waals surface area contributed by atoms with E-state index < -0.39 is 0 Å². The Morgan fingerprint density at radius 3 is 2.79 bits per heavy atom. The van der Waals surface area contributed by atoms with E-state index in [1.54, 1.807) is 6.33 Å². The van der Waals surface area contributed by atoms with E-state index in [0.29, 0.717) is 0 Å². The third-order valence-corrected chi connectivity index (χ3v) is 3.69. The number of hydrogen-bond acceptors (Lipinski definition) is 5. The van der Waals surface area contributed by atoms with Gasteiger partial charge in [-0.1, -0.05) is 0 Å². The number of piperidine rings is 1. The molecular formula is C12H16N6O. The van der Waals surface area contributed by atoms with Crippen molar-refractivity contribution in [3.63, 3.8) is 0 Å². The van der Waals surface area contributed by atoms with Crippen molar-refractivity contribution in [1.29, 1.82) is 0 Å². The second kappa shape index (κ2) is 4.49. The van der Waals surface area contributed by atoms with Gasteiger partial charge in [-0.3, -0.25) is 9.89 Å². The summed E-state index contributed by atoms with van der Waals surface area (Å²) >= 11 is 0. The highest BCUT2D eigenvalue weighted by Gasteiger charge is 2.25. The van der Waals surface area contributed by atoms with Crippen LogP contribution in [-0.4, -0.2) is 39.2 Å². The normalized spacial score (nSPS) is 17.0. The Morgan fingerprint density at radius 1 is 1.37 bits per heavy atom. The highest BCUT2D eigenvalue weighted by molar-refractivity contribution is 5.87. The van der Waals surface area contributed by atoms with Gasteiger partial charge in [0.15, 0.2) is 11.3 Å². The first-order valence-electron chi connectivity index (χ1n) is 6.36. The van der Waals surface area contributed by atoms with Crippen LogP contribution in [0.5, 0.6) is 0 Å². The smallest absolute Gasteiger partial charge is 0.220 e. The number of carbonyl (C=O) groups excluding carboxylic acids is 1. The van der Waals surface area contributed by atoms with Gasteiger partial charge < -0.3 is 10.6 Å². The summed E-state index contributed by atoms with van der Waals surface area (Å²) in [4.78, 5) is 21.9. The zero-order chi connectivity index (χ0) is 13.4. The number of aromatic nitrogens is 4. The van der Waals surface area contributed by atoms with Crippen LogP contribution >= 0.6 is 0 Å². The Balaban J connectivity index is 1.88. The van der Waals surface area contributed by atoms with Gasteiger partial charge in [-0.05, 0) is 19.8 Å². The highest BCUT2D eigenvalue weighted by Crippen LogP contribution is 2.26. The first kappa shape index (κ1) is 11.9. The van der Waals surface area contributed by atoms with Crippen LogP contribution in [0.1, 0.15) is 18.5 Å². The number of nitrogens with two attached hydrogens (primary N) is 1. The molecule has 3 N–H and O–H groups in total. The van der Waals surface area contributed by atoms with Gasteiger partial charge in [-0.15, -0.1) is 0 Å². The Labute approximate surface area is 110 Å². The molecule has 3 rings (SSSR count). The fourth-order valence-electron chi connectivity index (χ4n) is 2.55. The van der Waals surface area contributed by atoms with E-state index in [0.717, 1.165) is 48.5 Å². The van der Waals surface area contributed by atoms with Crippen LogP contribution in [0.2, 0.25) is 0 Å². The van der Waals surface area contributed by atoms with Crippen molar-refractivity contribution in [1.82, 2.24) is 20.2 Å². The zero-order valence-corrected chi connectivity index (χ0v) is 10.8. The molecule has 0 aliphatic carbocycles. The summed E-state index contributed by atoms with van der Waals surface area (Å²) in [5, 5.41) is 7.19. The number of nitrogens with zero attached hydrogens (tertiary/aromatic N) is 4. The zero-order valence-electron chi connectivity index (χ0n) is 10.8. The lowest BCUT2D eigenvalue weighted by atomic mass is 9.96. The molecule has 0 radical (unpaired) electrons. The number of aryl methyl sites for hydroxylation is 1. The van der Waals surface area contributed by atoms with Crippen LogP contribution in [0.4, 0.5) is 5.82 Å². The maximum Gasteiger partial charge on any atom is 0.220 e. The number of H-pyrrole nitrogens is 1. The van der Waals surface area contributed by atoms with Gasteiger partial charge in [0.2, 0.25) is 5.91 Å². The lowest BCUT2D eigenvalue weighted by Crippen LogP contribution is -2.39. The van der Waals surface area contributed by atoms with E-state index in [1.165, 1.54) is 0 Å². The van der Waals surface area contributed by atoms with Gasteiger partial charge in [0, 0.05) is 19.0 Å². The molecule has 1 aliphatic rings. The standard InChI is InChI=1S/C12H16N6O/c1-7-9-10(17-16-7)12(15-6-14-9)18-4-2-8(3-5-18)11(13)19/h6,8H,2-5H2,1H3,(H2,13,19)(H,16,17). The molecule has 100 valence electrons. The van der Waals surface area contributed by atoms with Crippen molar-refractivity contribution in [2.24, 2.45) is 11.7 Å². The molecule has 0 atom stereocenters. The predicted octanol–water partition coefficient (Wildman–Crippen LogP) is 0.363. The largest absolute Gasteiger partial charge is 0.369 e. The van der Waals surface area contributed by atoms with Gasteiger partial charge in [0.05, 0.1) is 5.69 Å². The Kier molecular flexibility index (Phi) is 2.81. The lowest BCUT2D eigenvalue weighted by Gasteiger charge is -2.31. The van der Waals surface area contributed by atoms with Crippen LogP contribution in [-0.2, 0) is 4.79 Å². The Hall–Kier alpha value is -2.18. The van der Waals surface area contributed by atoms with Crippen molar-refractivity contribution < 1.29 is 4.79 Å². The number of aromatic amines is 1. The highest BCUT2D eigenvalue weighted by atomic mass is 16.1. The van der Waals surface area contributed by atoms with E-state index in [1.807, 2.05) is 6.92 Å². The molecule has 1 aliphatic heterocycles. The summed E-state index contributed by atoms with van der Waals surface area (Å²) in [6.45, 7) is 3.47. The van der Waals surface area contributed by atoms with Crippen molar-refractivity contribution in [2.75, 3.05) is 18.0 Å². The van der Waals surface area contributed by atoms with Gasteiger partial charge in [0.1, 0.15) is 11.8 Å². The van der Waals surface area contributed by atoms with Crippen LogP contribution in [0, 0.1) is 12.8 Å². The van der Waals surface area contributed by atoms with Gasteiger partial charge >= 0.3 is 0 Å². The molecule has 3 heterocycles. The minimum Gasteiger partial charge on any atom is -0.369 e. The van der Waals surface area contributed by atoms with Crippen LogP contribution < -0.4 is 10.6 Å². The summed E-state index contributed by atoms with van der Waals surface area (Å²) < 4.78 is 0. The Morgan fingerprint density at radius 2 is 2.11 bits per heavy atom. The van der Waals surface area contributed by atoms with Crippen molar-refractivity contribution in [3.05, 3.63) is 12.0 Å². The monoisotopic (exact) mass is 260 g/mol. The number of fused-ring (bicyclic) bond motifs is 1. The van der Waals surface area contributed by atoms with Crippen LogP contribution in [0.25, 0.3) is 11.0 Å². The van der Waals surface area contributed by atoms with Gasteiger partial charge in [-0.25, -0.2) is 9.97 Å². The fourth-order valence-corrected chi connectivity index (χ4v) is 2.55. The minimum absolute atomic E-state index is 0.0190. The summed E-state index contributed by atoms with van der Waals surface area (Å²) in [7, 11) is 0. The summed E-state index contributed by atoms with van der Waals surface area (Å²) in [5.74, 6) is 0.606. The summed E-state index contributed by atoms with van der Waals surface area (Å²) in [6.07, 6.45) is 3.09. The summed E-state index contributed by atoms with van der Waals surface area (Å²) in [6, 6.07) is 0.